The van der Waals surface area contributed by atoms with Crippen LogP contribution in [-0.2, 0) is 0 Å². The van der Waals surface area contributed by atoms with E-state index >= 15 is 0 Å². The van der Waals surface area contributed by atoms with Gasteiger partial charge in [-0.1, -0.05) is 25.4 Å². The quantitative estimate of drug-likeness (QED) is 0.703. The van der Waals surface area contributed by atoms with E-state index in [-0.39, 0.29) is 11.9 Å². The fourth-order valence-electron chi connectivity index (χ4n) is 1.41. The lowest BCUT2D eigenvalue weighted by atomic mass is 10.2. The molecule has 6 heteroatoms. The molecule has 0 aliphatic heterocycles. The number of hydrogen-bond acceptors (Lipinski definition) is 2. The third kappa shape index (κ3) is 6.43. The molecular formula is C14H20ClN3O2. The van der Waals surface area contributed by atoms with Gasteiger partial charge in [0.2, 0.25) is 0 Å². The molecule has 110 valence electrons. The van der Waals surface area contributed by atoms with E-state index in [1.807, 2.05) is 13.8 Å². The number of carbonyl (C=O) groups is 2. The summed E-state index contributed by atoms with van der Waals surface area (Å²) in [5.74, 6) is 0.219. The molecule has 0 spiro atoms. The molecule has 0 aromatic heterocycles. The van der Waals surface area contributed by atoms with Gasteiger partial charge in [0.15, 0.2) is 0 Å². The van der Waals surface area contributed by atoms with E-state index in [2.05, 4.69) is 16.0 Å². The van der Waals surface area contributed by atoms with Gasteiger partial charge in [0, 0.05) is 30.2 Å². The predicted octanol–water partition coefficient (Wildman–Crippen LogP) is 2.02. The van der Waals surface area contributed by atoms with E-state index in [1.54, 1.807) is 24.3 Å². The zero-order valence-electron chi connectivity index (χ0n) is 11.7. The summed E-state index contributed by atoms with van der Waals surface area (Å²) in [6.07, 6.45) is 0. The van der Waals surface area contributed by atoms with Crippen LogP contribution in [0.2, 0.25) is 5.02 Å². The highest BCUT2D eigenvalue weighted by Gasteiger charge is 2.05. The van der Waals surface area contributed by atoms with Gasteiger partial charge in [-0.05, 0) is 30.2 Å². The first-order chi connectivity index (χ1) is 9.49. The lowest BCUT2D eigenvalue weighted by Gasteiger charge is -2.10. The van der Waals surface area contributed by atoms with Gasteiger partial charge in [-0.3, -0.25) is 4.79 Å². The van der Waals surface area contributed by atoms with Crippen molar-refractivity contribution in [2.24, 2.45) is 5.92 Å². The highest BCUT2D eigenvalue weighted by Crippen LogP contribution is 2.08. The van der Waals surface area contributed by atoms with E-state index in [0.717, 1.165) is 0 Å². The van der Waals surface area contributed by atoms with Crippen molar-refractivity contribution in [3.8, 4) is 0 Å². The molecular weight excluding hydrogens is 278 g/mol. The second-order valence-corrected chi connectivity index (χ2v) is 5.23. The standard InChI is InChI=1S/C14H20ClN3O2/c1-10(2)9-18-14(20)17-8-7-16-13(19)11-3-5-12(15)6-4-11/h3-6,10H,7-9H2,1-2H3,(H,16,19)(H2,17,18,20). The molecule has 20 heavy (non-hydrogen) atoms. The van der Waals surface area contributed by atoms with Crippen LogP contribution in [0.15, 0.2) is 24.3 Å². The average Bonchev–Trinajstić information content (AvgIpc) is 2.42. The Balaban J connectivity index is 2.19. The summed E-state index contributed by atoms with van der Waals surface area (Å²) in [4.78, 5) is 23.1. The van der Waals surface area contributed by atoms with Crippen LogP contribution in [0.3, 0.4) is 0 Å². The molecule has 0 aliphatic rings. The van der Waals surface area contributed by atoms with Crippen LogP contribution in [0.1, 0.15) is 24.2 Å². The van der Waals surface area contributed by atoms with Gasteiger partial charge in [0.25, 0.3) is 5.91 Å². The number of amides is 3. The van der Waals surface area contributed by atoms with E-state index < -0.39 is 0 Å². The highest BCUT2D eigenvalue weighted by molar-refractivity contribution is 6.30. The summed E-state index contributed by atoms with van der Waals surface area (Å²) in [7, 11) is 0. The Morgan fingerprint density at radius 2 is 1.65 bits per heavy atom. The Morgan fingerprint density at radius 1 is 1.05 bits per heavy atom. The zero-order valence-corrected chi connectivity index (χ0v) is 12.5. The number of benzene rings is 1. The van der Waals surface area contributed by atoms with E-state index in [1.165, 1.54) is 0 Å². The largest absolute Gasteiger partial charge is 0.350 e. The Hall–Kier alpha value is -1.75. The third-order valence-electron chi connectivity index (χ3n) is 2.47. The second-order valence-electron chi connectivity index (χ2n) is 4.79. The molecule has 0 saturated heterocycles. The molecule has 0 saturated carbocycles. The van der Waals surface area contributed by atoms with Crippen LogP contribution in [0.25, 0.3) is 0 Å². The van der Waals surface area contributed by atoms with Crippen molar-refractivity contribution < 1.29 is 9.59 Å². The minimum atomic E-state index is -0.223. The fourth-order valence-corrected chi connectivity index (χ4v) is 1.54. The molecule has 0 unspecified atom stereocenters. The summed E-state index contributed by atoms with van der Waals surface area (Å²) in [5.41, 5.74) is 0.540. The molecule has 1 aromatic rings. The van der Waals surface area contributed by atoms with Crippen molar-refractivity contribution in [3.05, 3.63) is 34.9 Å². The van der Waals surface area contributed by atoms with Crippen molar-refractivity contribution in [3.63, 3.8) is 0 Å². The van der Waals surface area contributed by atoms with Crippen molar-refractivity contribution in [2.75, 3.05) is 19.6 Å². The minimum Gasteiger partial charge on any atom is -0.350 e. The predicted molar refractivity (Wildman–Crippen MR) is 80.0 cm³/mol. The van der Waals surface area contributed by atoms with Gasteiger partial charge in [-0.25, -0.2) is 4.79 Å². The summed E-state index contributed by atoms with van der Waals surface area (Å²) in [5, 5.41) is 8.70. The average molecular weight is 298 g/mol. The van der Waals surface area contributed by atoms with Gasteiger partial charge in [-0.2, -0.15) is 0 Å². The number of urea groups is 1. The lowest BCUT2D eigenvalue weighted by Crippen LogP contribution is -2.41. The Morgan fingerprint density at radius 3 is 2.25 bits per heavy atom. The minimum absolute atomic E-state index is 0.189. The first-order valence-corrected chi connectivity index (χ1v) is 6.92. The van der Waals surface area contributed by atoms with E-state index in [0.29, 0.717) is 36.1 Å². The van der Waals surface area contributed by atoms with Crippen LogP contribution in [0, 0.1) is 5.92 Å². The molecule has 0 aliphatic carbocycles. The summed E-state index contributed by atoms with van der Waals surface area (Å²) < 4.78 is 0. The molecule has 3 amide bonds. The van der Waals surface area contributed by atoms with Gasteiger partial charge in [-0.15, -0.1) is 0 Å². The van der Waals surface area contributed by atoms with Crippen molar-refractivity contribution in [1.82, 2.24) is 16.0 Å². The molecule has 5 nitrogen and oxygen atoms in total. The van der Waals surface area contributed by atoms with Crippen LogP contribution in [-0.4, -0.2) is 31.6 Å². The first kappa shape index (κ1) is 16.3. The number of nitrogens with one attached hydrogen (secondary N) is 3. The molecule has 3 N–H and O–H groups in total. The SMILES string of the molecule is CC(C)CNC(=O)NCCNC(=O)c1ccc(Cl)cc1. The van der Waals surface area contributed by atoms with Gasteiger partial charge in [0.1, 0.15) is 0 Å². The molecule has 0 radical (unpaired) electrons. The third-order valence-corrected chi connectivity index (χ3v) is 2.73. The van der Waals surface area contributed by atoms with Crippen LogP contribution >= 0.6 is 11.6 Å². The molecule has 0 bridgehead atoms. The van der Waals surface area contributed by atoms with Crippen LogP contribution in [0.4, 0.5) is 4.79 Å². The molecule has 0 atom stereocenters. The van der Waals surface area contributed by atoms with Crippen molar-refractivity contribution >= 4 is 23.5 Å². The summed E-state index contributed by atoms with van der Waals surface area (Å²) in [6, 6.07) is 6.41. The number of halogens is 1. The summed E-state index contributed by atoms with van der Waals surface area (Å²) in [6.45, 7) is 5.42. The molecule has 0 fully saturated rings. The Bertz CT molecular complexity index is 446. The van der Waals surface area contributed by atoms with Gasteiger partial charge < -0.3 is 16.0 Å². The molecule has 1 rings (SSSR count). The lowest BCUT2D eigenvalue weighted by molar-refractivity contribution is 0.0954. The van der Waals surface area contributed by atoms with Gasteiger partial charge in [0.05, 0.1) is 0 Å². The maximum atomic E-state index is 11.7. The number of rotatable bonds is 6. The van der Waals surface area contributed by atoms with Crippen LogP contribution in [0.5, 0.6) is 0 Å². The van der Waals surface area contributed by atoms with Crippen molar-refractivity contribution in [2.45, 2.75) is 13.8 Å². The second kappa shape index (κ2) is 8.43. The Labute approximate surface area is 124 Å². The topological polar surface area (TPSA) is 70.2 Å². The first-order valence-electron chi connectivity index (χ1n) is 6.54. The van der Waals surface area contributed by atoms with Gasteiger partial charge >= 0.3 is 6.03 Å². The normalized spacial score (nSPS) is 10.2. The number of hydrogen-bond donors (Lipinski definition) is 3. The monoisotopic (exact) mass is 297 g/mol. The summed E-state index contributed by atoms with van der Waals surface area (Å²) >= 11 is 5.74. The van der Waals surface area contributed by atoms with Crippen LogP contribution < -0.4 is 16.0 Å². The molecule has 1 aromatic carbocycles. The Kier molecular flexibility index (Phi) is 6.87. The molecule has 0 heterocycles. The fraction of sp³-hybridized carbons (Fsp3) is 0.429. The zero-order chi connectivity index (χ0) is 15.0. The number of carbonyl (C=O) groups excluding carboxylic acids is 2. The van der Waals surface area contributed by atoms with E-state index in [9.17, 15) is 9.59 Å². The highest BCUT2D eigenvalue weighted by atomic mass is 35.5. The van der Waals surface area contributed by atoms with Crippen molar-refractivity contribution in [1.29, 1.82) is 0 Å². The maximum absolute atomic E-state index is 11.7. The smallest absolute Gasteiger partial charge is 0.314 e. The van der Waals surface area contributed by atoms with E-state index in [4.69, 9.17) is 11.6 Å². The maximum Gasteiger partial charge on any atom is 0.314 e.